The van der Waals surface area contributed by atoms with Crippen molar-refractivity contribution in [1.29, 1.82) is 0 Å². The molecule has 0 amide bonds. The van der Waals surface area contributed by atoms with E-state index in [1.165, 1.54) is 11.1 Å². The lowest BCUT2D eigenvalue weighted by molar-refractivity contribution is 0.0120. The number of aliphatic hydroxyl groups excluding tert-OH is 1. The average Bonchev–Trinajstić information content (AvgIpc) is 2.88. The SMILES string of the molecule is CCOCC.COc1ccc2c3c1O[C@H]1C[C@@H](O)CC[C@@]31CCN(C)C2. The van der Waals surface area contributed by atoms with Crippen molar-refractivity contribution >= 4 is 0 Å². The largest absolute Gasteiger partial charge is 0.493 e. The van der Waals surface area contributed by atoms with Crippen molar-refractivity contribution in [2.75, 3.05) is 33.9 Å². The topological polar surface area (TPSA) is 51.2 Å². The highest BCUT2D eigenvalue weighted by atomic mass is 16.5. The van der Waals surface area contributed by atoms with Crippen LogP contribution in [0.3, 0.4) is 0 Å². The highest BCUT2D eigenvalue weighted by Gasteiger charge is 2.54. The number of benzene rings is 1. The number of ether oxygens (including phenoxy) is 3. The summed E-state index contributed by atoms with van der Waals surface area (Å²) < 4.78 is 16.7. The summed E-state index contributed by atoms with van der Waals surface area (Å²) in [5.74, 6) is 1.77. The molecule has 1 saturated carbocycles. The number of aliphatic hydroxyl groups is 1. The molecule has 146 valence electrons. The van der Waals surface area contributed by atoms with Crippen molar-refractivity contribution in [3.05, 3.63) is 23.3 Å². The molecule has 2 aliphatic heterocycles. The minimum Gasteiger partial charge on any atom is -0.493 e. The van der Waals surface area contributed by atoms with Crippen molar-refractivity contribution in [2.45, 2.75) is 63.7 Å². The summed E-state index contributed by atoms with van der Waals surface area (Å²) in [6.45, 7) is 7.71. The first kappa shape index (κ1) is 19.5. The number of nitrogens with zero attached hydrogens (tertiary/aromatic N) is 1. The first-order chi connectivity index (χ1) is 12.6. The van der Waals surface area contributed by atoms with Gasteiger partial charge in [0, 0.05) is 37.2 Å². The Bertz CT molecular complexity index is 618. The van der Waals surface area contributed by atoms with Gasteiger partial charge in [-0.25, -0.2) is 0 Å². The maximum atomic E-state index is 10.1. The summed E-state index contributed by atoms with van der Waals surface area (Å²) >= 11 is 0. The maximum Gasteiger partial charge on any atom is 0.165 e. The van der Waals surface area contributed by atoms with E-state index < -0.39 is 0 Å². The third-order valence-electron chi connectivity index (χ3n) is 6.00. The second-order valence-electron chi connectivity index (χ2n) is 7.59. The molecule has 3 aliphatic rings. The van der Waals surface area contributed by atoms with Gasteiger partial charge in [-0.2, -0.15) is 0 Å². The van der Waals surface area contributed by atoms with Crippen LogP contribution in [0.1, 0.15) is 50.7 Å². The second-order valence-corrected chi connectivity index (χ2v) is 7.59. The number of rotatable bonds is 3. The van der Waals surface area contributed by atoms with Gasteiger partial charge in [0.2, 0.25) is 0 Å². The van der Waals surface area contributed by atoms with Gasteiger partial charge in [-0.1, -0.05) is 6.07 Å². The van der Waals surface area contributed by atoms with Crippen LogP contribution in [-0.4, -0.2) is 56.1 Å². The van der Waals surface area contributed by atoms with Crippen LogP contribution in [0.5, 0.6) is 11.5 Å². The molecule has 5 nitrogen and oxygen atoms in total. The zero-order valence-electron chi connectivity index (χ0n) is 16.6. The van der Waals surface area contributed by atoms with Crippen LogP contribution in [0.25, 0.3) is 0 Å². The van der Waals surface area contributed by atoms with Gasteiger partial charge in [0.15, 0.2) is 11.5 Å². The zero-order valence-corrected chi connectivity index (χ0v) is 16.6. The summed E-state index contributed by atoms with van der Waals surface area (Å²) in [5, 5.41) is 10.1. The van der Waals surface area contributed by atoms with E-state index in [-0.39, 0.29) is 17.6 Å². The van der Waals surface area contributed by atoms with Gasteiger partial charge < -0.3 is 24.2 Å². The Balaban J connectivity index is 0.000000349. The van der Waals surface area contributed by atoms with E-state index >= 15 is 0 Å². The Labute approximate surface area is 157 Å². The van der Waals surface area contributed by atoms with E-state index in [0.717, 1.165) is 63.5 Å². The predicted octanol–water partition coefficient (Wildman–Crippen LogP) is 3.12. The van der Waals surface area contributed by atoms with Crippen LogP contribution in [0.2, 0.25) is 0 Å². The monoisotopic (exact) mass is 363 g/mol. The third kappa shape index (κ3) is 3.45. The maximum absolute atomic E-state index is 10.1. The van der Waals surface area contributed by atoms with Crippen molar-refractivity contribution < 1.29 is 19.3 Å². The van der Waals surface area contributed by atoms with E-state index in [1.54, 1.807) is 7.11 Å². The van der Waals surface area contributed by atoms with E-state index in [9.17, 15) is 5.11 Å². The molecular weight excluding hydrogens is 330 g/mol. The van der Waals surface area contributed by atoms with Gasteiger partial charge in [-0.3, -0.25) is 0 Å². The van der Waals surface area contributed by atoms with E-state index in [2.05, 4.69) is 18.0 Å². The molecule has 4 rings (SSSR count). The summed E-state index contributed by atoms with van der Waals surface area (Å²) in [5.41, 5.74) is 2.80. The summed E-state index contributed by atoms with van der Waals surface area (Å²) in [4.78, 5) is 2.39. The molecule has 2 heterocycles. The standard InChI is InChI=1S/C17H23NO3.C4H10O/c1-18-8-7-17-6-5-12(19)9-14(17)21-16-13(20-2)4-3-11(10-18)15(16)17;1-3-5-4-2/h3-4,12,14,19H,5-10H2,1-2H3;3-4H2,1-2H3/t12-,14-,17-;/m0./s1. The van der Waals surface area contributed by atoms with Gasteiger partial charge in [-0.05, 0) is 58.3 Å². The highest BCUT2D eigenvalue weighted by Crippen LogP contribution is 2.57. The van der Waals surface area contributed by atoms with Gasteiger partial charge in [-0.15, -0.1) is 0 Å². The lowest BCUT2D eigenvalue weighted by atomic mass is 9.65. The molecule has 26 heavy (non-hydrogen) atoms. The first-order valence-corrected chi connectivity index (χ1v) is 9.87. The molecule has 1 aliphatic carbocycles. The molecule has 0 aromatic heterocycles. The van der Waals surface area contributed by atoms with Crippen molar-refractivity contribution in [3.8, 4) is 11.5 Å². The van der Waals surface area contributed by atoms with Crippen molar-refractivity contribution in [3.63, 3.8) is 0 Å². The molecule has 1 fully saturated rings. The molecule has 0 saturated heterocycles. The summed E-state index contributed by atoms with van der Waals surface area (Å²) in [6.07, 6.45) is 3.59. The Kier molecular flexibility index (Phi) is 6.10. The highest BCUT2D eigenvalue weighted by molar-refractivity contribution is 5.58. The first-order valence-electron chi connectivity index (χ1n) is 9.87. The summed E-state index contributed by atoms with van der Waals surface area (Å²) in [7, 11) is 3.88. The fraction of sp³-hybridized carbons (Fsp3) is 0.714. The third-order valence-corrected chi connectivity index (χ3v) is 6.00. The predicted molar refractivity (Wildman–Crippen MR) is 102 cm³/mol. The van der Waals surface area contributed by atoms with Gasteiger partial charge in [0.1, 0.15) is 6.10 Å². The minimum absolute atomic E-state index is 0.0726. The van der Waals surface area contributed by atoms with Crippen molar-refractivity contribution in [1.82, 2.24) is 4.90 Å². The average molecular weight is 363 g/mol. The van der Waals surface area contributed by atoms with Crippen LogP contribution in [0.15, 0.2) is 12.1 Å². The van der Waals surface area contributed by atoms with E-state index in [4.69, 9.17) is 14.2 Å². The molecule has 0 unspecified atom stereocenters. The molecule has 0 radical (unpaired) electrons. The second kappa shape index (κ2) is 8.15. The number of hydrogen-bond acceptors (Lipinski definition) is 5. The molecule has 3 atom stereocenters. The molecule has 5 heteroatoms. The Morgan fingerprint density at radius 3 is 2.69 bits per heavy atom. The molecule has 1 aromatic rings. The number of hydrogen-bond donors (Lipinski definition) is 1. The Morgan fingerprint density at radius 2 is 2.04 bits per heavy atom. The lowest BCUT2D eigenvalue weighted by Crippen LogP contribution is -2.45. The van der Waals surface area contributed by atoms with Crippen molar-refractivity contribution in [2.24, 2.45) is 0 Å². The van der Waals surface area contributed by atoms with Crippen LogP contribution < -0.4 is 9.47 Å². The molecule has 1 N–H and O–H groups in total. The van der Waals surface area contributed by atoms with Crippen LogP contribution in [0.4, 0.5) is 0 Å². The quantitative estimate of drug-likeness (QED) is 0.894. The van der Waals surface area contributed by atoms with E-state index in [0.29, 0.717) is 0 Å². The van der Waals surface area contributed by atoms with Crippen LogP contribution in [0, 0.1) is 0 Å². The van der Waals surface area contributed by atoms with E-state index in [1.807, 2.05) is 19.9 Å². The fourth-order valence-corrected chi connectivity index (χ4v) is 4.70. The van der Waals surface area contributed by atoms with Crippen LogP contribution in [-0.2, 0) is 16.7 Å². The molecule has 0 bridgehead atoms. The molecule has 1 spiro atoms. The molecule has 1 aromatic carbocycles. The van der Waals surface area contributed by atoms with Crippen LogP contribution >= 0.6 is 0 Å². The van der Waals surface area contributed by atoms with Gasteiger partial charge >= 0.3 is 0 Å². The van der Waals surface area contributed by atoms with Gasteiger partial charge in [0.25, 0.3) is 0 Å². The fourth-order valence-electron chi connectivity index (χ4n) is 4.70. The smallest absolute Gasteiger partial charge is 0.165 e. The Morgan fingerprint density at radius 1 is 1.27 bits per heavy atom. The normalized spacial score (nSPS) is 29.6. The lowest BCUT2D eigenvalue weighted by Gasteiger charge is -2.40. The Hall–Kier alpha value is -1.30. The molecular formula is C21H33NO4. The summed E-state index contributed by atoms with van der Waals surface area (Å²) in [6, 6.07) is 4.22. The number of methoxy groups -OCH3 is 1. The zero-order chi connectivity index (χ0) is 18.7. The minimum atomic E-state index is -0.231. The van der Waals surface area contributed by atoms with Gasteiger partial charge in [0.05, 0.1) is 13.2 Å².